The van der Waals surface area contributed by atoms with Gasteiger partial charge in [-0.1, -0.05) is 49.7 Å². The molecule has 2 N–H and O–H groups in total. The average molecular weight is 360 g/mol. The van der Waals surface area contributed by atoms with Crippen molar-refractivity contribution >= 4 is 23.2 Å². The fourth-order valence-corrected chi connectivity index (χ4v) is 2.92. The van der Waals surface area contributed by atoms with Crippen molar-refractivity contribution in [2.45, 2.75) is 33.6 Å². The third kappa shape index (κ3) is 4.50. The summed E-state index contributed by atoms with van der Waals surface area (Å²) in [6.45, 7) is 8.27. The number of carbonyl (C=O) groups is 1. The van der Waals surface area contributed by atoms with Crippen molar-refractivity contribution in [3.8, 4) is 0 Å². The van der Waals surface area contributed by atoms with Crippen molar-refractivity contribution in [1.29, 1.82) is 0 Å². The first-order valence-electron chi connectivity index (χ1n) is 9.01. The van der Waals surface area contributed by atoms with Gasteiger partial charge >= 0.3 is 0 Å². The molecule has 0 aliphatic carbocycles. The molecule has 5 nitrogen and oxygen atoms in total. The van der Waals surface area contributed by atoms with Gasteiger partial charge in [0.15, 0.2) is 0 Å². The van der Waals surface area contributed by atoms with E-state index in [-0.39, 0.29) is 5.91 Å². The molecule has 0 atom stereocenters. The highest BCUT2D eigenvalue weighted by Gasteiger charge is 2.13. The van der Waals surface area contributed by atoms with Crippen LogP contribution in [-0.4, -0.2) is 15.9 Å². The van der Waals surface area contributed by atoms with Gasteiger partial charge in [-0.05, 0) is 49.1 Å². The normalized spacial score (nSPS) is 10.7. The molecule has 27 heavy (non-hydrogen) atoms. The fourth-order valence-electron chi connectivity index (χ4n) is 2.92. The van der Waals surface area contributed by atoms with Gasteiger partial charge in [0.2, 0.25) is 5.95 Å². The van der Waals surface area contributed by atoms with Gasteiger partial charge in [-0.3, -0.25) is 4.79 Å². The SMILES string of the molecule is Cc1ccc(Nc2nccc(C(=O)Nc3ccccc3C(C)C)n2)c(C)c1. The van der Waals surface area contributed by atoms with E-state index in [0.29, 0.717) is 17.6 Å². The maximum Gasteiger partial charge on any atom is 0.274 e. The minimum absolute atomic E-state index is 0.255. The molecule has 1 heterocycles. The van der Waals surface area contributed by atoms with Crippen LogP contribution in [0.2, 0.25) is 0 Å². The molecule has 1 amide bonds. The third-order valence-electron chi connectivity index (χ3n) is 4.35. The number of hydrogen-bond donors (Lipinski definition) is 2. The summed E-state index contributed by atoms with van der Waals surface area (Å²) in [5.74, 6) is 0.453. The second-order valence-electron chi connectivity index (χ2n) is 6.90. The molecule has 5 heteroatoms. The Labute approximate surface area is 159 Å². The van der Waals surface area contributed by atoms with Crippen molar-refractivity contribution in [2.24, 2.45) is 0 Å². The smallest absolute Gasteiger partial charge is 0.274 e. The number of rotatable bonds is 5. The highest BCUT2D eigenvalue weighted by Crippen LogP contribution is 2.24. The van der Waals surface area contributed by atoms with Crippen LogP contribution in [0.4, 0.5) is 17.3 Å². The van der Waals surface area contributed by atoms with Gasteiger partial charge in [0.25, 0.3) is 5.91 Å². The van der Waals surface area contributed by atoms with E-state index in [2.05, 4.69) is 40.5 Å². The molecule has 0 saturated carbocycles. The third-order valence-corrected chi connectivity index (χ3v) is 4.35. The first-order chi connectivity index (χ1) is 12.9. The van der Waals surface area contributed by atoms with Gasteiger partial charge < -0.3 is 10.6 Å². The zero-order valence-corrected chi connectivity index (χ0v) is 16.1. The first kappa shape index (κ1) is 18.6. The average Bonchev–Trinajstić information content (AvgIpc) is 2.64. The molecule has 138 valence electrons. The Morgan fingerprint density at radius 1 is 1.00 bits per heavy atom. The van der Waals surface area contributed by atoms with Crippen LogP contribution in [0.25, 0.3) is 0 Å². The van der Waals surface area contributed by atoms with Crippen molar-refractivity contribution in [2.75, 3.05) is 10.6 Å². The van der Waals surface area contributed by atoms with Crippen molar-refractivity contribution in [3.05, 3.63) is 77.1 Å². The van der Waals surface area contributed by atoms with Crippen LogP contribution in [0.3, 0.4) is 0 Å². The Hall–Kier alpha value is -3.21. The van der Waals surface area contributed by atoms with Crippen molar-refractivity contribution < 1.29 is 4.79 Å². The van der Waals surface area contributed by atoms with Crippen LogP contribution in [0.15, 0.2) is 54.7 Å². The predicted molar refractivity (Wildman–Crippen MR) is 110 cm³/mol. The Morgan fingerprint density at radius 3 is 2.52 bits per heavy atom. The molecule has 0 bridgehead atoms. The molecular weight excluding hydrogens is 336 g/mol. The molecule has 0 radical (unpaired) electrons. The number of anilines is 3. The summed E-state index contributed by atoms with van der Waals surface area (Å²) in [6, 6.07) is 15.5. The lowest BCUT2D eigenvalue weighted by Gasteiger charge is -2.14. The topological polar surface area (TPSA) is 66.9 Å². The molecule has 0 spiro atoms. The van der Waals surface area contributed by atoms with Gasteiger partial charge in [0, 0.05) is 17.6 Å². The molecule has 3 rings (SSSR count). The molecule has 3 aromatic rings. The molecule has 0 aliphatic rings. The standard InChI is InChI=1S/C22H24N4O/c1-14(2)17-7-5-6-8-19(17)24-21(27)20-11-12-23-22(26-20)25-18-10-9-15(3)13-16(18)4/h5-14H,1-4H3,(H,24,27)(H,23,25,26). The Kier molecular flexibility index (Phi) is 5.50. The number of carbonyl (C=O) groups excluding carboxylic acids is 1. The van der Waals surface area contributed by atoms with Crippen molar-refractivity contribution in [3.63, 3.8) is 0 Å². The number of benzene rings is 2. The lowest BCUT2D eigenvalue weighted by Crippen LogP contribution is -2.16. The summed E-state index contributed by atoms with van der Waals surface area (Å²) in [4.78, 5) is 21.3. The van der Waals surface area contributed by atoms with Crippen LogP contribution in [0, 0.1) is 13.8 Å². The summed E-state index contributed by atoms with van der Waals surface area (Å²) < 4.78 is 0. The van der Waals surface area contributed by atoms with Crippen LogP contribution in [0.1, 0.15) is 46.9 Å². The van der Waals surface area contributed by atoms with Crippen LogP contribution in [0.5, 0.6) is 0 Å². The summed E-state index contributed by atoms with van der Waals surface area (Å²) >= 11 is 0. The second kappa shape index (κ2) is 7.99. The number of hydrogen-bond acceptors (Lipinski definition) is 4. The van der Waals surface area contributed by atoms with Gasteiger partial charge in [-0.2, -0.15) is 0 Å². The second-order valence-corrected chi connectivity index (χ2v) is 6.90. The summed E-state index contributed by atoms with van der Waals surface area (Å²) in [5.41, 5.74) is 5.42. The fraction of sp³-hybridized carbons (Fsp3) is 0.227. The molecule has 0 fully saturated rings. The molecule has 0 saturated heterocycles. The van der Waals surface area contributed by atoms with Crippen LogP contribution in [-0.2, 0) is 0 Å². The molecule has 0 unspecified atom stereocenters. The number of nitrogens with zero attached hydrogens (tertiary/aromatic N) is 2. The van der Waals surface area contributed by atoms with E-state index in [1.54, 1.807) is 12.3 Å². The molecule has 1 aromatic heterocycles. The van der Waals surface area contributed by atoms with Gasteiger partial charge in [-0.25, -0.2) is 9.97 Å². The van der Waals surface area contributed by atoms with Crippen molar-refractivity contribution in [1.82, 2.24) is 9.97 Å². The van der Waals surface area contributed by atoms with E-state index >= 15 is 0 Å². The number of aromatic nitrogens is 2. The largest absolute Gasteiger partial charge is 0.324 e. The number of aryl methyl sites for hydroxylation is 2. The van der Waals surface area contributed by atoms with E-state index < -0.39 is 0 Å². The van der Waals surface area contributed by atoms with E-state index in [1.165, 1.54) is 5.56 Å². The lowest BCUT2D eigenvalue weighted by atomic mass is 10.0. The monoisotopic (exact) mass is 360 g/mol. The van der Waals surface area contributed by atoms with E-state index in [1.807, 2.05) is 50.2 Å². The molecular formula is C22H24N4O. The van der Waals surface area contributed by atoms with Gasteiger partial charge in [0.1, 0.15) is 5.69 Å². The van der Waals surface area contributed by atoms with Gasteiger partial charge in [0.05, 0.1) is 0 Å². The van der Waals surface area contributed by atoms with E-state index in [0.717, 1.165) is 22.5 Å². The maximum absolute atomic E-state index is 12.7. The number of nitrogens with one attached hydrogen (secondary N) is 2. The van der Waals surface area contributed by atoms with E-state index in [4.69, 9.17) is 0 Å². The van der Waals surface area contributed by atoms with Crippen LogP contribution >= 0.6 is 0 Å². The van der Waals surface area contributed by atoms with Crippen LogP contribution < -0.4 is 10.6 Å². The molecule has 2 aromatic carbocycles. The minimum atomic E-state index is -0.255. The quantitative estimate of drug-likeness (QED) is 0.655. The maximum atomic E-state index is 12.7. The zero-order valence-electron chi connectivity index (χ0n) is 16.1. The summed E-state index contributed by atoms with van der Waals surface area (Å²) in [7, 11) is 0. The Balaban J connectivity index is 1.80. The summed E-state index contributed by atoms with van der Waals surface area (Å²) in [6.07, 6.45) is 1.59. The van der Waals surface area contributed by atoms with E-state index in [9.17, 15) is 4.79 Å². The highest BCUT2D eigenvalue weighted by molar-refractivity contribution is 6.03. The Bertz CT molecular complexity index is 966. The molecule has 0 aliphatic heterocycles. The lowest BCUT2D eigenvalue weighted by molar-refractivity contribution is 0.102. The highest BCUT2D eigenvalue weighted by atomic mass is 16.1. The minimum Gasteiger partial charge on any atom is -0.324 e. The number of amides is 1. The Morgan fingerprint density at radius 2 is 1.78 bits per heavy atom. The predicted octanol–water partition coefficient (Wildman–Crippen LogP) is 5.21. The number of para-hydroxylation sites is 1. The zero-order chi connectivity index (χ0) is 19.4. The first-order valence-corrected chi connectivity index (χ1v) is 9.01. The summed E-state index contributed by atoms with van der Waals surface area (Å²) in [5, 5.41) is 6.15. The van der Waals surface area contributed by atoms with Gasteiger partial charge in [-0.15, -0.1) is 0 Å².